The molecule has 2 fully saturated rings. The largest absolute Gasteiger partial charge is 0.379 e. The molecule has 0 radical (unpaired) electrons. The summed E-state index contributed by atoms with van der Waals surface area (Å²) in [6.45, 7) is 13.8. The van der Waals surface area contributed by atoms with E-state index in [4.69, 9.17) is 21.1 Å². The van der Waals surface area contributed by atoms with Crippen molar-refractivity contribution in [3.05, 3.63) is 51.8 Å². The lowest BCUT2D eigenvalue weighted by atomic mass is 10.1. The minimum Gasteiger partial charge on any atom is -0.379 e. The molecule has 0 unspecified atom stereocenters. The normalized spacial score (nSPS) is 19.2. The molecule has 2 saturated heterocycles. The average molecular weight is 404 g/mol. The van der Waals surface area contributed by atoms with Gasteiger partial charge in [0.1, 0.15) is 0 Å². The summed E-state index contributed by atoms with van der Waals surface area (Å²) in [4.78, 5) is 5.03. The molecule has 5 nitrogen and oxygen atoms in total. The zero-order valence-electron chi connectivity index (χ0n) is 16.9. The van der Waals surface area contributed by atoms with Crippen LogP contribution in [0.2, 0.25) is 5.02 Å². The molecular formula is C22H30ClN3O2. The van der Waals surface area contributed by atoms with Crippen molar-refractivity contribution >= 4 is 11.6 Å². The molecule has 0 atom stereocenters. The molecule has 2 aromatic rings. The highest BCUT2D eigenvalue weighted by atomic mass is 35.5. The summed E-state index contributed by atoms with van der Waals surface area (Å²) >= 11 is 6.13. The van der Waals surface area contributed by atoms with Crippen LogP contribution in [0.25, 0.3) is 5.69 Å². The zero-order chi connectivity index (χ0) is 19.5. The van der Waals surface area contributed by atoms with E-state index in [0.29, 0.717) is 0 Å². The smallest absolute Gasteiger partial charge is 0.0594 e. The summed E-state index contributed by atoms with van der Waals surface area (Å²) in [5, 5.41) is 0.772. The Hall–Kier alpha value is -1.37. The highest BCUT2D eigenvalue weighted by Gasteiger charge is 2.23. The minimum atomic E-state index is 0.772. The molecule has 0 saturated carbocycles. The number of halogens is 1. The van der Waals surface area contributed by atoms with Gasteiger partial charge in [-0.3, -0.25) is 9.80 Å². The number of aromatic nitrogens is 1. The van der Waals surface area contributed by atoms with E-state index in [1.165, 1.54) is 28.2 Å². The Morgan fingerprint density at radius 3 is 1.61 bits per heavy atom. The van der Waals surface area contributed by atoms with Gasteiger partial charge in [-0.15, -0.1) is 0 Å². The van der Waals surface area contributed by atoms with Crippen LogP contribution in [0.5, 0.6) is 0 Å². The van der Waals surface area contributed by atoms with Gasteiger partial charge in [0.2, 0.25) is 0 Å². The predicted octanol–water partition coefficient (Wildman–Crippen LogP) is 3.41. The second-order valence-corrected chi connectivity index (χ2v) is 8.15. The maximum Gasteiger partial charge on any atom is 0.0594 e. The zero-order valence-corrected chi connectivity index (χ0v) is 17.7. The van der Waals surface area contributed by atoms with Gasteiger partial charge in [0, 0.05) is 61.4 Å². The lowest BCUT2D eigenvalue weighted by Gasteiger charge is -2.29. The first-order chi connectivity index (χ1) is 13.6. The molecule has 6 heteroatoms. The van der Waals surface area contributed by atoms with Gasteiger partial charge in [0.15, 0.2) is 0 Å². The van der Waals surface area contributed by atoms with Crippen LogP contribution in [0.3, 0.4) is 0 Å². The van der Waals surface area contributed by atoms with Crippen LogP contribution in [0, 0.1) is 13.8 Å². The lowest BCUT2D eigenvalue weighted by Crippen LogP contribution is -2.37. The van der Waals surface area contributed by atoms with Gasteiger partial charge in [0.25, 0.3) is 0 Å². The fraction of sp³-hybridized carbons (Fsp3) is 0.545. The van der Waals surface area contributed by atoms with E-state index < -0.39 is 0 Å². The van der Waals surface area contributed by atoms with Crippen molar-refractivity contribution in [2.24, 2.45) is 0 Å². The number of rotatable bonds is 5. The van der Waals surface area contributed by atoms with Gasteiger partial charge in [-0.25, -0.2) is 0 Å². The average Bonchev–Trinajstić information content (AvgIpc) is 2.94. The molecule has 152 valence electrons. The monoisotopic (exact) mass is 403 g/mol. The molecule has 0 bridgehead atoms. The van der Waals surface area contributed by atoms with Gasteiger partial charge in [-0.05, 0) is 49.2 Å². The molecule has 4 rings (SSSR count). The van der Waals surface area contributed by atoms with E-state index in [9.17, 15) is 0 Å². The van der Waals surface area contributed by atoms with Crippen molar-refractivity contribution in [2.75, 3.05) is 52.6 Å². The van der Waals surface area contributed by atoms with Crippen LogP contribution in [-0.2, 0) is 22.6 Å². The molecule has 1 aromatic heterocycles. The van der Waals surface area contributed by atoms with Crippen LogP contribution < -0.4 is 0 Å². The third-order valence-corrected chi connectivity index (χ3v) is 6.22. The number of morpholine rings is 2. The first-order valence-electron chi connectivity index (χ1n) is 10.2. The SMILES string of the molecule is Cc1c(CN2CCOCC2)c(CN2CCOCC2)c(C)n1-c1ccc(Cl)cc1. The van der Waals surface area contributed by atoms with E-state index in [0.717, 1.165) is 70.7 Å². The van der Waals surface area contributed by atoms with Gasteiger partial charge in [0.05, 0.1) is 26.4 Å². The molecule has 0 aliphatic carbocycles. The Labute approximate surface area is 172 Å². The van der Waals surface area contributed by atoms with E-state index in [2.05, 4.69) is 40.3 Å². The van der Waals surface area contributed by atoms with Crippen LogP contribution in [-0.4, -0.2) is 67.0 Å². The van der Waals surface area contributed by atoms with Crippen molar-refractivity contribution in [3.63, 3.8) is 0 Å². The van der Waals surface area contributed by atoms with Gasteiger partial charge < -0.3 is 14.0 Å². The fourth-order valence-corrected chi connectivity index (χ4v) is 4.45. The molecule has 0 spiro atoms. The second kappa shape index (κ2) is 8.97. The first kappa shape index (κ1) is 19.9. The molecule has 28 heavy (non-hydrogen) atoms. The fourth-order valence-electron chi connectivity index (χ4n) is 4.32. The number of nitrogens with zero attached hydrogens (tertiary/aromatic N) is 3. The Bertz CT molecular complexity index is 748. The number of benzene rings is 1. The van der Waals surface area contributed by atoms with E-state index >= 15 is 0 Å². The van der Waals surface area contributed by atoms with Crippen LogP contribution in [0.1, 0.15) is 22.5 Å². The summed E-state index contributed by atoms with van der Waals surface area (Å²) in [5.41, 5.74) is 6.75. The summed E-state index contributed by atoms with van der Waals surface area (Å²) < 4.78 is 13.5. The van der Waals surface area contributed by atoms with Gasteiger partial charge in [-0.2, -0.15) is 0 Å². The van der Waals surface area contributed by atoms with Crippen molar-refractivity contribution in [3.8, 4) is 5.69 Å². The van der Waals surface area contributed by atoms with Crippen molar-refractivity contribution < 1.29 is 9.47 Å². The molecule has 0 N–H and O–H groups in total. The molecule has 3 heterocycles. The van der Waals surface area contributed by atoms with Crippen LogP contribution in [0.4, 0.5) is 0 Å². The highest BCUT2D eigenvalue weighted by molar-refractivity contribution is 6.30. The maximum absolute atomic E-state index is 6.13. The van der Waals surface area contributed by atoms with Crippen LogP contribution >= 0.6 is 11.6 Å². The lowest BCUT2D eigenvalue weighted by molar-refractivity contribution is 0.0309. The summed E-state index contributed by atoms with van der Waals surface area (Å²) in [5.74, 6) is 0. The maximum atomic E-state index is 6.13. The van der Waals surface area contributed by atoms with Crippen LogP contribution in [0.15, 0.2) is 24.3 Å². The highest BCUT2D eigenvalue weighted by Crippen LogP contribution is 2.29. The Morgan fingerprint density at radius 2 is 1.18 bits per heavy atom. The molecule has 0 amide bonds. The Balaban J connectivity index is 1.70. The molecule has 2 aliphatic rings. The number of hydrogen-bond donors (Lipinski definition) is 0. The third-order valence-electron chi connectivity index (χ3n) is 5.96. The second-order valence-electron chi connectivity index (χ2n) is 7.72. The van der Waals surface area contributed by atoms with Crippen molar-refractivity contribution in [2.45, 2.75) is 26.9 Å². The van der Waals surface area contributed by atoms with Gasteiger partial charge in [-0.1, -0.05) is 11.6 Å². The third kappa shape index (κ3) is 4.29. The van der Waals surface area contributed by atoms with E-state index in [-0.39, 0.29) is 0 Å². The quantitative estimate of drug-likeness (QED) is 0.765. The standard InChI is InChI=1S/C22H30ClN3O2/c1-17-21(15-24-7-11-27-12-8-24)22(16-25-9-13-28-14-10-25)18(2)26(17)20-5-3-19(23)4-6-20/h3-6H,7-16H2,1-2H3. The summed E-state index contributed by atoms with van der Waals surface area (Å²) in [7, 11) is 0. The molecule has 2 aliphatic heterocycles. The van der Waals surface area contributed by atoms with Crippen molar-refractivity contribution in [1.29, 1.82) is 0 Å². The molecular weight excluding hydrogens is 374 g/mol. The van der Waals surface area contributed by atoms with Gasteiger partial charge >= 0.3 is 0 Å². The minimum absolute atomic E-state index is 0.772. The summed E-state index contributed by atoms with van der Waals surface area (Å²) in [6, 6.07) is 8.16. The van der Waals surface area contributed by atoms with E-state index in [1.54, 1.807) is 0 Å². The first-order valence-corrected chi connectivity index (χ1v) is 10.6. The Morgan fingerprint density at radius 1 is 0.750 bits per heavy atom. The van der Waals surface area contributed by atoms with E-state index in [1.807, 2.05) is 12.1 Å². The Kier molecular flexibility index (Phi) is 6.38. The van der Waals surface area contributed by atoms with Crippen molar-refractivity contribution in [1.82, 2.24) is 14.4 Å². The topological polar surface area (TPSA) is 29.9 Å². The number of ether oxygens (including phenoxy) is 2. The number of hydrogen-bond acceptors (Lipinski definition) is 4. The molecule has 1 aromatic carbocycles. The predicted molar refractivity (Wildman–Crippen MR) is 112 cm³/mol. The summed E-state index contributed by atoms with van der Waals surface area (Å²) in [6.07, 6.45) is 0.